The van der Waals surface area contributed by atoms with Crippen LogP contribution in [0.15, 0.2) is 82.6 Å². The second-order valence-electron chi connectivity index (χ2n) is 12.6. The molecule has 2 aliphatic rings. The van der Waals surface area contributed by atoms with E-state index in [1.54, 1.807) is 34.6 Å². The van der Waals surface area contributed by atoms with Crippen molar-refractivity contribution < 1.29 is 31.4 Å². The van der Waals surface area contributed by atoms with E-state index >= 15 is 0 Å². The molecule has 0 radical (unpaired) electrons. The Labute approximate surface area is 278 Å². The molecule has 0 bridgehead atoms. The smallest absolute Gasteiger partial charge is 0.243 e. The van der Waals surface area contributed by atoms with E-state index in [0.29, 0.717) is 44.3 Å². The van der Waals surface area contributed by atoms with Crippen molar-refractivity contribution in [3.63, 3.8) is 0 Å². The maximum atomic E-state index is 13.7. The van der Waals surface area contributed by atoms with Gasteiger partial charge in [-0.15, -0.1) is 0 Å². The summed E-state index contributed by atoms with van der Waals surface area (Å²) in [6, 6.07) is 21.8. The van der Waals surface area contributed by atoms with Gasteiger partial charge in [0.15, 0.2) is 0 Å². The molecule has 3 aromatic rings. The third-order valence-electron chi connectivity index (χ3n) is 8.79. The zero-order valence-electron chi connectivity index (χ0n) is 27.2. The van der Waals surface area contributed by atoms with Crippen LogP contribution in [0.1, 0.15) is 38.7 Å². The first-order valence-electron chi connectivity index (χ1n) is 16.0. The summed E-state index contributed by atoms with van der Waals surface area (Å²) in [4.78, 5) is 0.372. The van der Waals surface area contributed by atoms with Crippen LogP contribution >= 0.6 is 0 Å². The zero-order chi connectivity index (χ0) is 33.7. The fourth-order valence-corrected chi connectivity index (χ4v) is 8.24. The van der Waals surface area contributed by atoms with Crippen LogP contribution in [0.2, 0.25) is 0 Å². The average molecular weight is 687 g/mol. The number of aliphatic hydroxyl groups is 1. The lowest BCUT2D eigenvalue weighted by molar-refractivity contribution is -0.0312. The summed E-state index contributed by atoms with van der Waals surface area (Å²) in [5.41, 5.74) is 2.60. The molecule has 2 heterocycles. The van der Waals surface area contributed by atoms with Crippen LogP contribution in [0, 0.1) is 0 Å². The first kappa shape index (κ1) is 35.4. The molecule has 5 rings (SSSR count). The van der Waals surface area contributed by atoms with Crippen molar-refractivity contribution in [3.05, 3.63) is 78.4 Å². The number of hydrogen-bond donors (Lipinski definition) is 4. The summed E-state index contributed by atoms with van der Waals surface area (Å²) in [5, 5.41) is 17.2. The highest BCUT2D eigenvalue weighted by Crippen LogP contribution is 2.37. The van der Waals surface area contributed by atoms with Gasteiger partial charge in [-0.25, -0.2) is 21.6 Å². The first-order valence-corrected chi connectivity index (χ1v) is 19.0. The number of hydrogen-bond acceptors (Lipinski definition) is 9. The van der Waals surface area contributed by atoms with Crippen LogP contribution in [-0.2, 0) is 31.3 Å². The normalized spacial score (nSPS) is 19.3. The number of nitrogens with zero attached hydrogens (tertiary/aromatic N) is 1. The molecule has 2 atom stereocenters. The van der Waals surface area contributed by atoms with E-state index in [1.807, 2.05) is 18.2 Å². The Morgan fingerprint density at radius 3 is 2.36 bits per heavy atom. The quantitative estimate of drug-likeness (QED) is 0.201. The minimum Gasteiger partial charge on any atom is -0.491 e. The van der Waals surface area contributed by atoms with Crippen molar-refractivity contribution in [2.45, 2.75) is 73.2 Å². The predicted molar refractivity (Wildman–Crippen MR) is 181 cm³/mol. The largest absolute Gasteiger partial charge is 0.491 e. The van der Waals surface area contributed by atoms with Gasteiger partial charge >= 0.3 is 0 Å². The molecule has 3 aromatic carbocycles. The molecular formula is C34H46N4O7S2. The molecule has 2 aliphatic heterocycles. The summed E-state index contributed by atoms with van der Waals surface area (Å²) in [5.74, 6) is 0.348. The second kappa shape index (κ2) is 15.1. The van der Waals surface area contributed by atoms with E-state index in [0.717, 1.165) is 24.1 Å². The predicted octanol–water partition coefficient (Wildman–Crippen LogP) is 3.10. The second-order valence-corrected chi connectivity index (χ2v) is 16.4. The average Bonchev–Trinajstić information content (AvgIpc) is 3.47. The Balaban J connectivity index is 1.10. The number of piperidine rings is 1. The Hall–Kier alpha value is -2.88. The van der Waals surface area contributed by atoms with Gasteiger partial charge in [-0.1, -0.05) is 56.3 Å². The molecule has 4 N–H and O–H groups in total. The molecule has 2 saturated heterocycles. The molecule has 0 aromatic heterocycles. The summed E-state index contributed by atoms with van der Waals surface area (Å²) in [6.07, 6.45) is 1.08. The number of nitrogens with one attached hydrogen (secondary N) is 3. The third kappa shape index (κ3) is 8.98. The SMILES string of the molecule is CNS(=O)(=O)c1cccc(OC[C@@H](O)CNC2COC3(CCN(S(=O)(=O)c4cccc(-c5ccc(CNC(C)C)cc5)c4)CC3)C2)c1. The summed E-state index contributed by atoms with van der Waals surface area (Å²) < 4.78 is 67.1. The summed E-state index contributed by atoms with van der Waals surface area (Å²) in [7, 11) is -5.93. The molecular weight excluding hydrogens is 641 g/mol. The van der Waals surface area contributed by atoms with Gasteiger partial charge in [0.1, 0.15) is 18.5 Å². The standard InChI is InChI=1S/C34H46N4O7S2/c1-25(2)36-21-26-10-12-27(13-11-26)28-6-4-9-33(18-28)47(42,43)38-16-14-34(15-17-38)20-29(23-45-34)37-22-30(39)24-44-31-7-5-8-32(19-31)46(40,41)35-3/h4-13,18-19,25,29-30,35-37,39H,14-17,20-24H2,1-3H3/t29?,30-/m0/s1. The van der Waals surface area contributed by atoms with Crippen LogP contribution in [0.5, 0.6) is 5.75 Å². The maximum absolute atomic E-state index is 13.7. The van der Waals surface area contributed by atoms with Crippen molar-refractivity contribution in [1.29, 1.82) is 0 Å². The minimum atomic E-state index is -3.67. The van der Waals surface area contributed by atoms with Crippen molar-refractivity contribution in [1.82, 2.24) is 19.7 Å². The van der Waals surface area contributed by atoms with Crippen LogP contribution in [0.4, 0.5) is 0 Å². The highest BCUT2D eigenvalue weighted by atomic mass is 32.2. The number of rotatable bonds is 14. The topological polar surface area (TPSA) is 146 Å². The molecule has 256 valence electrons. The molecule has 1 unspecified atom stereocenters. The Bertz CT molecular complexity index is 1710. The monoisotopic (exact) mass is 686 g/mol. The van der Waals surface area contributed by atoms with Crippen LogP contribution in [0.25, 0.3) is 11.1 Å². The lowest BCUT2D eigenvalue weighted by Crippen LogP contribution is -2.47. The highest BCUT2D eigenvalue weighted by molar-refractivity contribution is 7.89. The van der Waals surface area contributed by atoms with E-state index in [2.05, 4.69) is 41.3 Å². The number of aliphatic hydroxyl groups excluding tert-OH is 1. The van der Waals surface area contributed by atoms with Crippen LogP contribution in [-0.4, -0.2) is 89.9 Å². The Morgan fingerprint density at radius 1 is 0.957 bits per heavy atom. The third-order valence-corrected chi connectivity index (χ3v) is 12.1. The van der Waals surface area contributed by atoms with Crippen molar-refractivity contribution in [3.8, 4) is 16.9 Å². The lowest BCUT2D eigenvalue weighted by Gasteiger charge is -2.38. The molecule has 1 spiro atoms. The zero-order valence-corrected chi connectivity index (χ0v) is 28.8. The molecule has 0 amide bonds. The van der Waals surface area contributed by atoms with Crippen LogP contribution < -0.4 is 20.1 Å². The minimum absolute atomic E-state index is 0.0100. The number of sulfonamides is 2. The van der Waals surface area contributed by atoms with E-state index in [-0.39, 0.29) is 29.0 Å². The van der Waals surface area contributed by atoms with Crippen molar-refractivity contribution >= 4 is 20.0 Å². The Kier molecular flexibility index (Phi) is 11.4. The van der Waals surface area contributed by atoms with E-state index in [4.69, 9.17) is 9.47 Å². The summed E-state index contributed by atoms with van der Waals surface area (Å²) in [6.45, 7) is 6.47. The fraction of sp³-hybridized carbons (Fsp3) is 0.471. The molecule has 47 heavy (non-hydrogen) atoms. The van der Waals surface area contributed by atoms with Crippen LogP contribution in [0.3, 0.4) is 0 Å². The van der Waals surface area contributed by atoms with Gasteiger partial charge < -0.3 is 25.2 Å². The first-order chi connectivity index (χ1) is 22.4. The fourth-order valence-electron chi connectivity index (χ4n) is 5.98. The van der Waals surface area contributed by atoms with E-state index in [1.165, 1.54) is 24.7 Å². The molecule has 0 saturated carbocycles. The molecule has 13 heteroatoms. The summed E-state index contributed by atoms with van der Waals surface area (Å²) >= 11 is 0. The number of benzene rings is 3. The number of ether oxygens (including phenoxy) is 2. The van der Waals surface area contributed by atoms with Gasteiger partial charge in [0.2, 0.25) is 20.0 Å². The van der Waals surface area contributed by atoms with Crippen molar-refractivity contribution in [2.24, 2.45) is 0 Å². The van der Waals surface area contributed by atoms with Gasteiger partial charge in [-0.05, 0) is 67.3 Å². The van der Waals surface area contributed by atoms with Gasteiger partial charge in [0, 0.05) is 44.3 Å². The van der Waals surface area contributed by atoms with Crippen molar-refractivity contribution in [2.75, 3.05) is 39.9 Å². The maximum Gasteiger partial charge on any atom is 0.243 e. The van der Waals surface area contributed by atoms with E-state index < -0.39 is 31.8 Å². The molecule has 2 fully saturated rings. The lowest BCUT2D eigenvalue weighted by atomic mass is 9.88. The van der Waals surface area contributed by atoms with E-state index in [9.17, 15) is 21.9 Å². The molecule has 11 nitrogen and oxygen atoms in total. The van der Waals surface area contributed by atoms with Gasteiger partial charge in [-0.3, -0.25) is 0 Å². The van der Waals surface area contributed by atoms with Gasteiger partial charge in [-0.2, -0.15) is 4.31 Å². The Morgan fingerprint density at radius 2 is 1.66 bits per heavy atom. The highest BCUT2D eigenvalue weighted by Gasteiger charge is 2.44. The van der Waals surface area contributed by atoms with Gasteiger partial charge in [0.25, 0.3) is 0 Å². The molecule has 0 aliphatic carbocycles. The van der Waals surface area contributed by atoms with Gasteiger partial charge in [0.05, 0.1) is 22.0 Å².